The van der Waals surface area contributed by atoms with Crippen LogP contribution in [0.3, 0.4) is 0 Å². The van der Waals surface area contributed by atoms with Crippen molar-refractivity contribution in [3.63, 3.8) is 0 Å². The first-order valence-electron chi connectivity index (χ1n) is 6.48. The largest absolute Gasteiger partial charge is 0.394 e. The summed E-state index contributed by atoms with van der Waals surface area (Å²) >= 11 is 1.50. The van der Waals surface area contributed by atoms with E-state index < -0.39 is 6.10 Å². The van der Waals surface area contributed by atoms with Crippen LogP contribution in [0.4, 0.5) is 0 Å². The third-order valence-corrected chi connectivity index (χ3v) is 4.27. The minimum absolute atomic E-state index is 0.202. The summed E-state index contributed by atoms with van der Waals surface area (Å²) < 4.78 is 5.30. The van der Waals surface area contributed by atoms with Gasteiger partial charge in [0, 0.05) is 11.7 Å². The number of aliphatic hydroxyl groups is 2. The molecule has 0 bridgehead atoms. The van der Waals surface area contributed by atoms with Gasteiger partial charge in [0.25, 0.3) is 0 Å². The van der Waals surface area contributed by atoms with Crippen LogP contribution in [-0.4, -0.2) is 38.8 Å². The van der Waals surface area contributed by atoms with E-state index >= 15 is 0 Å². The van der Waals surface area contributed by atoms with Crippen LogP contribution in [0, 0.1) is 0 Å². The van der Waals surface area contributed by atoms with E-state index in [2.05, 4.69) is 10.1 Å². The van der Waals surface area contributed by atoms with Gasteiger partial charge in [-0.3, -0.25) is 0 Å². The van der Waals surface area contributed by atoms with Gasteiger partial charge in [-0.05, 0) is 12.8 Å². The molecule has 1 atom stereocenters. The van der Waals surface area contributed by atoms with E-state index in [1.165, 1.54) is 31.0 Å². The number of hydrogen-bond donors (Lipinski definition) is 2. The molecule has 0 radical (unpaired) electrons. The third-order valence-electron chi connectivity index (χ3n) is 3.19. The summed E-state index contributed by atoms with van der Waals surface area (Å²) in [6.07, 6.45) is 5.45. The molecule has 2 rings (SSSR count). The number of aliphatic hydroxyl groups excluding tert-OH is 2. The van der Waals surface area contributed by atoms with Crippen molar-refractivity contribution in [2.75, 3.05) is 12.4 Å². The molecule has 1 fully saturated rings. The number of aromatic nitrogens is 2. The molecule has 0 aliphatic heterocycles. The van der Waals surface area contributed by atoms with Gasteiger partial charge < -0.3 is 14.7 Å². The Bertz CT molecular complexity index is 353. The van der Waals surface area contributed by atoms with Crippen molar-refractivity contribution in [1.82, 2.24) is 10.1 Å². The lowest BCUT2D eigenvalue weighted by Gasteiger charge is -2.17. The van der Waals surface area contributed by atoms with Crippen molar-refractivity contribution in [2.24, 2.45) is 0 Å². The Morgan fingerprint density at radius 1 is 1.33 bits per heavy atom. The Morgan fingerprint density at radius 3 is 2.83 bits per heavy atom. The van der Waals surface area contributed by atoms with Gasteiger partial charge in [-0.15, -0.1) is 0 Å². The summed E-state index contributed by atoms with van der Waals surface area (Å²) in [5.41, 5.74) is 0. The summed E-state index contributed by atoms with van der Waals surface area (Å²) in [4.78, 5) is 4.41. The molecule has 2 N–H and O–H groups in total. The highest BCUT2D eigenvalue weighted by atomic mass is 32.2. The zero-order valence-corrected chi connectivity index (χ0v) is 11.2. The SMILES string of the molecule is OC[C@H](O)CSCc1noc(C2CCCCC2)n1. The lowest BCUT2D eigenvalue weighted by molar-refractivity contribution is 0.113. The highest BCUT2D eigenvalue weighted by Crippen LogP contribution is 2.31. The maximum Gasteiger partial charge on any atom is 0.229 e. The standard InChI is InChI=1S/C12H20N2O3S/c15-6-10(16)7-18-8-11-13-12(17-14-11)9-4-2-1-3-5-9/h9-10,15-16H,1-8H2/t10-/m0/s1. The molecule has 0 spiro atoms. The second-order valence-electron chi connectivity index (χ2n) is 4.74. The fourth-order valence-corrected chi connectivity index (χ4v) is 2.98. The van der Waals surface area contributed by atoms with Crippen LogP contribution in [0.1, 0.15) is 49.7 Å². The van der Waals surface area contributed by atoms with Crippen molar-refractivity contribution in [3.05, 3.63) is 11.7 Å². The first-order valence-corrected chi connectivity index (χ1v) is 7.64. The molecule has 6 heteroatoms. The molecule has 1 aliphatic carbocycles. The molecule has 0 aromatic carbocycles. The van der Waals surface area contributed by atoms with Crippen molar-refractivity contribution in [3.8, 4) is 0 Å². The molecule has 1 aromatic heterocycles. The van der Waals surface area contributed by atoms with Gasteiger partial charge in [0.15, 0.2) is 5.82 Å². The lowest BCUT2D eigenvalue weighted by atomic mass is 9.89. The smallest absolute Gasteiger partial charge is 0.229 e. The highest BCUT2D eigenvalue weighted by molar-refractivity contribution is 7.98. The predicted octanol–water partition coefficient (Wildman–Crippen LogP) is 1.70. The van der Waals surface area contributed by atoms with Crippen molar-refractivity contribution in [1.29, 1.82) is 0 Å². The van der Waals surface area contributed by atoms with E-state index in [1.807, 2.05) is 0 Å². The van der Waals surface area contributed by atoms with Crippen LogP contribution in [-0.2, 0) is 5.75 Å². The average Bonchev–Trinajstić information content (AvgIpc) is 2.88. The zero-order chi connectivity index (χ0) is 12.8. The van der Waals surface area contributed by atoms with Crippen molar-refractivity contribution >= 4 is 11.8 Å². The van der Waals surface area contributed by atoms with Crippen molar-refractivity contribution < 1.29 is 14.7 Å². The predicted molar refractivity (Wildman–Crippen MR) is 69.4 cm³/mol. The Labute approximate surface area is 111 Å². The van der Waals surface area contributed by atoms with E-state index in [0.717, 1.165) is 18.7 Å². The maximum atomic E-state index is 9.21. The van der Waals surface area contributed by atoms with Crippen LogP contribution in [0.15, 0.2) is 4.52 Å². The molecule has 0 unspecified atom stereocenters. The number of nitrogens with zero attached hydrogens (tertiary/aromatic N) is 2. The molecule has 1 saturated carbocycles. The van der Waals surface area contributed by atoms with E-state index in [9.17, 15) is 5.11 Å². The van der Waals surface area contributed by atoms with E-state index in [1.54, 1.807) is 0 Å². The van der Waals surface area contributed by atoms with Crippen molar-refractivity contribution in [2.45, 2.75) is 49.9 Å². The Kier molecular flexibility index (Phi) is 5.46. The molecule has 18 heavy (non-hydrogen) atoms. The van der Waals surface area contributed by atoms with Gasteiger partial charge in [-0.1, -0.05) is 24.4 Å². The Morgan fingerprint density at radius 2 is 2.11 bits per heavy atom. The highest BCUT2D eigenvalue weighted by Gasteiger charge is 2.21. The second kappa shape index (κ2) is 7.11. The number of rotatable bonds is 6. The van der Waals surface area contributed by atoms with Gasteiger partial charge in [-0.2, -0.15) is 16.7 Å². The first kappa shape index (κ1) is 13.8. The fraction of sp³-hybridized carbons (Fsp3) is 0.833. The Balaban J connectivity index is 1.78. The first-order chi connectivity index (χ1) is 8.79. The topological polar surface area (TPSA) is 79.4 Å². The monoisotopic (exact) mass is 272 g/mol. The average molecular weight is 272 g/mol. The van der Waals surface area contributed by atoms with Gasteiger partial charge >= 0.3 is 0 Å². The van der Waals surface area contributed by atoms with Gasteiger partial charge in [-0.25, -0.2) is 0 Å². The minimum Gasteiger partial charge on any atom is -0.394 e. The maximum absolute atomic E-state index is 9.21. The van der Waals surface area contributed by atoms with Crippen LogP contribution in [0.2, 0.25) is 0 Å². The molecule has 1 aromatic rings. The molecule has 1 heterocycles. The second-order valence-corrected chi connectivity index (χ2v) is 5.77. The minimum atomic E-state index is -0.667. The number of thioether (sulfide) groups is 1. The summed E-state index contributed by atoms with van der Waals surface area (Å²) in [6.45, 7) is -0.202. The van der Waals surface area contributed by atoms with Crippen LogP contribution < -0.4 is 0 Å². The van der Waals surface area contributed by atoms with Gasteiger partial charge in [0.1, 0.15) is 0 Å². The zero-order valence-electron chi connectivity index (χ0n) is 10.4. The molecule has 0 saturated heterocycles. The van der Waals surface area contributed by atoms with Crippen LogP contribution in [0.5, 0.6) is 0 Å². The summed E-state index contributed by atoms with van der Waals surface area (Å²) in [7, 11) is 0. The van der Waals surface area contributed by atoms with E-state index in [0.29, 0.717) is 23.2 Å². The van der Waals surface area contributed by atoms with E-state index in [-0.39, 0.29) is 6.61 Å². The summed E-state index contributed by atoms with van der Waals surface area (Å²) in [5.74, 6) is 3.00. The van der Waals surface area contributed by atoms with Crippen LogP contribution >= 0.6 is 11.8 Å². The molecular formula is C12H20N2O3S. The van der Waals surface area contributed by atoms with E-state index in [4.69, 9.17) is 9.63 Å². The third kappa shape index (κ3) is 3.96. The fourth-order valence-electron chi connectivity index (χ4n) is 2.18. The molecule has 0 amide bonds. The summed E-state index contributed by atoms with van der Waals surface area (Å²) in [6, 6.07) is 0. The quantitative estimate of drug-likeness (QED) is 0.820. The molecule has 1 aliphatic rings. The Hall–Kier alpha value is -0.590. The van der Waals surface area contributed by atoms with Gasteiger partial charge in [0.2, 0.25) is 5.89 Å². The van der Waals surface area contributed by atoms with Crippen LogP contribution in [0.25, 0.3) is 0 Å². The van der Waals surface area contributed by atoms with Gasteiger partial charge in [0.05, 0.1) is 18.5 Å². The molecule has 5 nitrogen and oxygen atoms in total. The molecular weight excluding hydrogens is 252 g/mol. The lowest BCUT2D eigenvalue weighted by Crippen LogP contribution is -2.14. The normalized spacial score (nSPS) is 19.0. The summed E-state index contributed by atoms with van der Waals surface area (Å²) in [5, 5.41) is 21.9. The number of hydrogen-bond acceptors (Lipinski definition) is 6. The molecule has 102 valence electrons.